The first-order chi connectivity index (χ1) is 9.06. The highest BCUT2D eigenvalue weighted by Gasteiger charge is 2.09. The Hall–Kier alpha value is -2.11. The molecule has 0 saturated heterocycles. The smallest absolute Gasteiger partial charge is 0.251 e. The van der Waals surface area contributed by atoms with Gasteiger partial charge in [0.1, 0.15) is 5.82 Å². The molecule has 2 amide bonds. The second kappa shape index (κ2) is 7.35. The number of amides is 2. The van der Waals surface area contributed by atoms with Crippen molar-refractivity contribution in [3.63, 3.8) is 0 Å². The van der Waals surface area contributed by atoms with Crippen molar-refractivity contribution in [3.05, 3.63) is 23.4 Å². The summed E-state index contributed by atoms with van der Waals surface area (Å²) in [5, 5.41) is 8.25. The second-order valence-electron chi connectivity index (χ2n) is 4.05. The number of aryl methyl sites for hydroxylation is 1. The number of likely N-dealkylation sites (N-methyl/N-ethyl adjacent to an activating group) is 1. The zero-order valence-corrected chi connectivity index (χ0v) is 11.5. The topological polar surface area (TPSA) is 83.1 Å². The molecule has 19 heavy (non-hydrogen) atoms. The van der Waals surface area contributed by atoms with E-state index >= 15 is 0 Å². The number of carbonyl (C=O) groups excluding carboxylic acids is 2. The molecule has 0 atom stereocenters. The van der Waals surface area contributed by atoms with Crippen LogP contribution in [0.1, 0.15) is 29.9 Å². The molecule has 1 rings (SSSR count). The molecule has 0 spiro atoms. The molecule has 0 radical (unpaired) electrons. The van der Waals surface area contributed by atoms with Gasteiger partial charge in [-0.1, -0.05) is 0 Å². The molecule has 1 aromatic rings. The lowest BCUT2D eigenvalue weighted by atomic mass is 10.2. The van der Waals surface area contributed by atoms with Crippen LogP contribution in [-0.2, 0) is 4.79 Å². The summed E-state index contributed by atoms with van der Waals surface area (Å²) in [4.78, 5) is 27.4. The first-order valence-electron chi connectivity index (χ1n) is 6.34. The Morgan fingerprint density at radius 2 is 1.89 bits per heavy atom. The third-order valence-electron chi connectivity index (χ3n) is 2.36. The largest absolute Gasteiger partial charge is 0.370 e. The standard InChI is InChI=1S/C13H20N4O2/c1-4-14-11-7-10(6-9(3)17-11)13(19)16-8-12(18)15-5-2/h6-7H,4-5,8H2,1-3H3,(H,14,17)(H,15,18)(H,16,19). The first-order valence-corrected chi connectivity index (χ1v) is 6.34. The molecule has 3 N–H and O–H groups in total. The monoisotopic (exact) mass is 264 g/mol. The van der Waals surface area contributed by atoms with Crippen LogP contribution in [0.4, 0.5) is 5.82 Å². The van der Waals surface area contributed by atoms with Crippen molar-refractivity contribution in [1.29, 1.82) is 0 Å². The normalized spacial score (nSPS) is 9.84. The van der Waals surface area contributed by atoms with Crippen LogP contribution in [0.3, 0.4) is 0 Å². The van der Waals surface area contributed by atoms with Crippen molar-refractivity contribution in [3.8, 4) is 0 Å². The van der Waals surface area contributed by atoms with E-state index in [1.807, 2.05) is 20.8 Å². The van der Waals surface area contributed by atoms with Gasteiger partial charge < -0.3 is 16.0 Å². The fourth-order valence-electron chi connectivity index (χ4n) is 1.59. The van der Waals surface area contributed by atoms with Gasteiger partial charge in [-0.25, -0.2) is 4.98 Å². The van der Waals surface area contributed by atoms with Crippen LogP contribution in [0, 0.1) is 6.92 Å². The summed E-state index contributed by atoms with van der Waals surface area (Å²) in [7, 11) is 0. The van der Waals surface area contributed by atoms with E-state index in [0.717, 1.165) is 12.2 Å². The van der Waals surface area contributed by atoms with E-state index in [2.05, 4.69) is 20.9 Å². The number of rotatable bonds is 6. The molecular weight excluding hydrogens is 244 g/mol. The van der Waals surface area contributed by atoms with Crippen molar-refractivity contribution in [1.82, 2.24) is 15.6 Å². The van der Waals surface area contributed by atoms with Gasteiger partial charge in [0.25, 0.3) is 5.91 Å². The molecule has 0 aliphatic rings. The number of anilines is 1. The van der Waals surface area contributed by atoms with Gasteiger partial charge in [-0.05, 0) is 32.9 Å². The molecule has 104 valence electrons. The number of hydrogen-bond acceptors (Lipinski definition) is 4. The molecular formula is C13H20N4O2. The minimum Gasteiger partial charge on any atom is -0.370 e. The second-order valence-corrected chi connectivity index (χ2v) is 4.05. The number of nitrogens with one attached hydrogen (secondary N) is 3. The van der Waals surface area contributed by atoms with Gasteiger partial charge in [0, 0.05) is 24.3 Å². The van der Waals surface area contributed by atoms with E-state index in [1.54, 1.807) is 12.1 Å². The van der Waals surface area contributed by atoms with Gasteiger partial charge >= 0.3 is 0 Å². The molecule has 0 saturated carbocycles. The number of nitrogens with zero attached hydrogens (tertiary/aromatic N) is 1. The summed E-state index contributed by atoms with van der Waals surface area (Å²) >= 11 is 0. The lowest BCUT2D eigenvalue weighted by Crippen LogP contribution is -2.36. The third kappa shape index (κ3) is 4.95. The summed E-state index contributed by atoms with van der Waals surface area (Å²) in [5.41, 5.74) is 1.24. The van der Waals surface area contributed by atoms with Crippen LogP contribution < -0.4 is 16.0 Å². The Kier molecular flexibility index (Phi) is 5.78. The number of carbonyl (C=O) groups is 2. The van der Waals surface area contributed by atoms with E-state index in [-0.39, 0.29) is 18.4 Å². The highest BCUT2D eigenvalue weighted by atomic mass is 16.2. The maximum Gasteiger partial charge on any atom is 0.251 e. The third-order valence-corrected chi connectivity index (χ3v) is 2.36. The molecule has 1 heterocycles. The average molecular weight is 264 g/mol. The number of hydrogen-bond donors (Lipinski definition) is 3. The zero-order valence-electron chi connectivity index (χ0n) is 11.5. The SMILES string of the molecule is CCNC(=O)CNC(=O)c1cc(C)nc(NCC)c1. The maximum absolute atomic E-state index is 11.9. The molecule has 0 unspecified atom stereocenters. The van der Waals surface area contributed by atoms with E-state index in [0.29, 0.717) is 17.9 Å². The summed E-state index contributed by atoms with van der Waals surface area (Å²) in [6.07, 6.45) is 0. The van der Waals surface area contributed by atoms with E-state index in [9.17, 15) is 9.59 Å². The predicted octanol–water partition coefficient (Wildman–Crippen LogP) is 0.688. The highest BCUT2D eigenvalue weighted by molar-refractivity contribution is 5.97. The Labute approximate surface area is 113 Å². The highest BCUT2D eigenvalue weighted by Crippen LogP contribution is 2.09. The fraction of sp³-hybridized carbons (Fsp3) is 0.462. The minimum atomic E-state index is -0.282. The Bertz CT molecular complexity index is 460. The molecule has 0 fully saturated rings. The molecule has 0 bridgehead atoms. The molecule has 6 heteroatoms. The minimum absolute atomic E-state index is 0.0232. The van der Waals surface area contributed by atoms with Gasteiger partial charge in [-0.3, -0.25) is 9.59 Å². The molecule has 0 aliphatic carbocycles. The molecule has 0 aliphatic heterocycles. The summed E-state index contributed by atoms with van der Waals surface area (Å²) in [5.74, 6) is 0.176. The molecule has 1 aromatic heterocycles. The van der Waals surface area contributed by atoms with Gasteiger partial charge in [-0.15, -0.1) is 0 Å². The van der Waals surface area contributed by atoms with Gasteiger partial charge in [0.05, 0.1) is 6.54 Å². The average Bonchev–Trinajstić information content (AvgIpc) is 2.36. The molecule has 0 aromatic carbocycles. The van der Waals surface area contributed by atoms with Gasteiger partial charge in [-0.2, -0.15) is 0 Å². The Morgan fingerprint density at radius 3 is 2.53 bits per heavy atom. The van der Waals surface area contributed by atoms with Gasteiger partial charge in [0.2, 0.25) is 5.91 Å². The predicted molar refractivity (Wildman–Crippen MR) is 74.2 cm³/mol. The van der Waals surface area contributed by atoms with Crippen LogP contribution in [-0.4, -0.2) is 36.4 Å². The van der Waals surface area contributed by atoms with E-state index < -0.39 is 0 Å². The summed E-state index contributed by atoms with van der Waals surface area (Å²) in [6.45, 7) is 6.86. The lowest BCUT2D eigenvalue weighted by molar-refractivity contribution is -0.120. The van der Waals surface area contributed by atoms with Crippen LogP contribution in [0.5, 0.6) is 0 Å². The van der Waals surface area contributed by atoms with Crippen molar-refractivity contribution in [2.45, 2.75) is 20.8 Å². The van der Waals surface area contributed by atoms with Gasteiger partial charge in [0.15, 0.2) is 0 Å². The number of pyridine rings is 1. The Balaban J connectivity index is 2.68. The summed E-state index contributed by atoms with van der Waals surface area (Å²) in [6, 6.07) is 3.36. The first kappa shape index (κ1) is 14.9. The van der Waals surface area contributed by atoms with Crippen molar-refractivity contribution < 1.29 is 9.59 Å². The van der Waals surface area contributed by atoms with Crippen molar-refractivity contribution >= 4 is 17.6 Å². The Morgan fingerprint density at radius 1 is 1.16 bits per heavy atom. The number of aromatic nitrogens is 1. The fourth-order valence-corrected chi connectivity index (χ4v) is 1.59. The van der Waals surface area contributed by atoms with Crippen LogP contribution in [0.25, 0.3) is 0 Å². The van der Waals surface area contributed by atoms with E-state index in [4.69, 9.17) is 0 Å². The summed E-state index contributed by atoms with van der Waals surface area (Å²) < 4.78 is 0. The maximum atomic E-state index is 11.9. The van der Waals surface area contributed by atoms with Crippen molar-refractivity contribution in [2.75, 3.05) is 25.0 Å². The lowest BCUT2D eigenvalue weighted by Gasteiger charge is -2.08. The van der Waals surface area contributed by atoms with Crippen molar-refractivity contribution in [2.24, 2.45) is 0 Å². The van der Waals surface area contributed by atoms with E-state index in [1.165, 1.54) is 0 Å². The molecule has 6 nitrogen and oxygen atoms in total. The zero-order chi connectivity index (χ0) is 14.3. The quantitative estimate of drug-likeness (QED) is 0.706. The van der Waals surface area contributed by atoms with Crippen LogP contribution >= 0.6 is 0 Å². The van der Waals surface area contributed by atoms with Crippen LogP contribution in [0.15, 0.2) is 12.1 Å². The van der Waals surface area contributed by atoms with Crippen LogP contribution in [0.2, 0.25) is 0 Å².